The van der Waals surface area contributed by atoms with Crippen LogP contribution in [0.4, 0.5) is 8.78 Å². The summed E-state index contributed by atoms with van der Waals surface area (Å²) in [7, 11) is 1.54. The maximum absolute atomic E-state index is 13.0. The smallest absolute Gasteiger partial charge is 0.276 e. The van der Waals surface area contributed by atoms with Crippen LogP contribution in [0.3, 0.4) is 0 Å². The Balaban J connectivity index is 2.09. The minimum absolute atomic E-state index is 0.156. The molecule has 94 valence electrons. The van der Waals surface area contributed by atoms with E-state index < -0.39 is 11.6 Å². The minimum Gasteiger partial charge on any atom is -0.336 e. The third-order valence-corrected chi connectivity index (χ3v) is 2.38. The number of carbonyl (C=O) groups is 1. The van der Waals surface area contributed by atoms with Crippen LogP contribution in [0.2, 0.25) is 0 Å². The van der Waals surface area contributed by atoms with Gasteiger partial charge in [-0.1, -0.05) is 6.07 Å². The van der Waals surface area contributed by atoms with Gasteiger partial charge in [-0.25, -0.2) is 8.78 Å². The van der Waals surface area contributed by atoms with Crippen molar-refractivity contribution < 1.29 is 13.6 Å². The molecule has 0 aliphatic heterocycles. The lowest BCUT2D eigenvalue weighted by Crippen LogP contribution is -2.26. The molecule has 18 heavy (non-hydrogen) atoms. The van der Waals surface area contributed by atoms with Crippen LogP contribution in [0.5, 0.6) is 0 Å². The third kappa shape index (κ3) is 2.50. The Morgan fingerprint density at radius 3 is 2.78 bits per heavy atom. The molecule has 0 saturated heterocycles. The fourth-order valence-electron chi connectivity index (χ4n) is 1.48. The standard InChI is InChI=1S/C11H10F2N4O/c1-17(11(18)10-5-14-16-15-10)6-7-2-3-8(12)9(13)4-7/h2-5H,6H2,1H3,(H,14,15,16). The van der Waals surface area contributed by atoms with Gasteiger partial charge in [0.05, 0.1) is 6.20 Å². The Morgan fingerprint density at radius 2 is 2.17 bits per heavy atom. The molecule has 1 aromatic heterocycles. The molecule has 1 aromatic carbocycles. The number of hydrogen-bond donors (Lipinski definition) is 1. The van der Waals surface area contributed by atoms with E-state index in [1.807, 2.05) is 0 Å². The van der Waals surface area contributed by atoms with Crippen molar-refractivity contribution in [3.63, 3.8) is 0 Å². The number of H-pyrrole nitrogens is 1. The van der Waals surface area contributed by atoms with E-state index in [0.29, 0.717) is 5.56 Å². The fraction of sp³-hybridized carbons (Fsp3) is 0.182. The normalized spacial score (nSPS) is 10.4. The maximum atomic E-state index is 13.0. The van der Waals surface area contributed by atoms with Gasteiger partial charge in [0.25, 0.3) is 5.91 Å². The molecule has 2 aromatic rings. The molecule has 0 aliphatic carbocycles. The summed E-state index contributed by atoms with van der Waals surface area (Å²) >= 11 is 0. The van der Waals surface area contributed by atoms with E-state index >= 15 is 0 Å². The monoisotopic (exact) mass is 252 g/mol. The van der Waals surface area contributed by atoms with Gasteiger partial charge < -0.3 is 4.90 Å². The molecular formula is C11H10F2N4O. The van der Waals surface area contributed by atoms with Gasteiger partial charge in [-0.3, -0.25) is 4.79 Å². The first-order chi connectivity index (χ1) is 8.58. The van der Waals surface area contributed by atoms with Crippen molar-refractivity contribution in [2.24, 2.45) is 0 Å². The van der Waals surface area contributed by atoms with Crippen molar-refractivity contribution in [2.75, 3.05) is 7.05 Å². The number of benzene rings is 1. The lowest BCUT2D eigenvalue weighted by molar-refractivity contribution is 0.0779. The number of amides is 1. The number of nitrogens with zero attached hydrogens (tertiary/aromatic N) is 3. The lowest BCUT2D eigenvalue weighted by Gasteiger charge is -2.15. The largest absolute Gasteiger partial charge is 0.336 e. The number of carbonyl (C=O) groups excluding carboxylic acids is 1. The summed E-state index contributed by atoms with van der Waals surface area (Å²) in [6.07, 6.45) is 1.30. The Morgan fingerprint density at radius 1 is 1.39 bits per heavy atom. The first kappa shape index (κ1) is 12.2. The van der Waals surface area contributed by atoms with Crippen LogP contribution in [0.1, 0.15) is 16.1 Å². The molecule has 0 unspecified atom stereocenters. The highest BCUT2D eigenvalue weighted by molar-refractivity contribution is 5.91. The quantitative estimate of drug-likeness (QED) is 0.897. The molecule has 0 spiro atoms. The van der Waals surface area contributed by atoms with Crippen LogP contribution in [0.15, 0.2) is 24.4 Å². The van der Waals surface area contributed by atoms with E-state index in [9.17, 15) is 13.6 Å². The van der Waals surface area contributed by atoms with Gasteiger partial charge in [0, 0.05) is 13.6 Å². The van der Waals surface area contributed by atoms with Gasteiger partial charge >= 0.3 is 0 Å². The molecule has 1 amide bonds. The molecule has 0 aliphatic rings. The first-order valence-electron chi connectivity index (χ1n) is 5.13. The molecule has 1 N–H and O–H groups in total. The molecule has 1 heterocycles. The van der Waals surface area contributed by atoms with Crippen molar-refractivity contribution in [2.45, 2.75) is 6.54 Å². The Bertz CT molecular complexity index is 556. The van der Waals surface area contributed by atoms with Gasteiger partial charge in [0.15, 0.2) is 17.3 Å². The molecule has 0 fully saturated rings. The van der Waals surface area contributed by atoms with E-state index in [0.717, 1.165) is 12.1 Å². The molecule has 0 radical (unpaired) electrons. The highest BCUT2D eigenvalue weighted by atomic mass is 19.2. The summed E-state index contributed by atoms with van der Waals surface area (Å²) < 4.78 is 25.7. The zero-order valence-corrected chi connectivity index (χ0v) is 9.52. The third-order valence-electron chi connectivity index (χ3n) is 2.38. The molecule has 5 nitrogen and oxygen atoms in total. The average Bonchev–Trinajstić information content (AvgIpc) is 2.86. The predicted octanol–water partition coefficient (Wildman–Crippen LogP) is 1.36. The molecule has 0 bridgehead atoms. The van der Waals surface area contributed by atoms with Gasteiger partial charge in [-0.15, -0.1) is 0 Å². The minimum atomic E-state index is -0.935. The van der Waals surface area contributed by atoms with Crippen LogP contribution in [-0.2, 0) is 6.54 Å². The maximum Gasteiger partial charge on any atom is 0.276 e. The first-order valence-corrected chi connectivity index (χ1v) is 5.13. The van der Waals surface area contributed by atoms with E-state index in [2.05, 4.69) is 15.4 Å². The number of aromatic amines is 1. The fourth-order valence-corrected chi connectivity index (χ4v) is 1.48. The average molecular weight is 252 g/mol. The molecule has 2 rings (SSSR count). The summed E-state index contributed by atoms with van der Waals surface area (Å²) in [6, 6.07) is 3.51. The number of nitrogens with one attached hydrogen (secondary N) is 1. The number of rotatable bonds is 3. The zero-order valence-electron chi connectivity index (χ0n) is 9.52. The molecule has 7 heteroatoms. The van der Waals surface area contributed by atoms with Gasteiger partial charge in [0.1, 0.15) is 0 Å². The van der Waals surface area contributed by atoms with Gasteiger partial charge in [-0.05, 0) is 17.7 Å². The Kier molecular flexibility index (Phi) is 3.31. The second-order valence-corrected chi connectivity index (χ2v) is 3.76. The Hall–Kier alpha value is -2.31. The molecular weight excluding hydrogens is 242 g/mol. The van der Waals surface area contributed by atoms with E-state index in [1.54, 1.807) is 0 Å². The number of halogens is 2. The summed E-state index contributed by atoms with van der Waals surface area (Å²) in [5.41, 5.74) is 0.660. The summed E-state index contributed by atoms with van der Waals surface area (Å²) in [4.78, 5) is 13.1. The summed E-state index contributed by atoms with van der Waals surface area (Å²) in [5.74, 6) is -2.20. The molecule has 0 saturated carbocycles. The van der Waals surface area contributed by atoms with E-state index in [-0.39, 0.29) is 18.1 Å². The van der Waals surface area contributed by atoms with Crippen molar-refractivity contribution >= 4 is 5.91 Å². The van der Waals surface area contributed by atoms with Gasteiger partial charge in [0.2, 0.25) is 0 Å². The predicted molar refractivity (Wildman–Crippen MR) is 58.5 cm³/mol. The van der Waals surface area contributed by atoms with Crippen LogP contribution >= 0.6 is 0 Å². The second-order valence-electron chi connectivity index (χ2n) is 3.76. The van der Waals surface area contributed by atoms with Crippen molar-refractivity contribution in [1.29, 1.82) is 0 Å². The summed E-state index contributed by atoms with van der Waals surface area (Å²) in [6.45, 7) is 0.156. The lowest BCUT2D eigenvalue weighted by atomic mass is 10.2. The zero-order chi connectivity index (χ0) is 13.1. The van der Waals surface area contributed by atoms with Crippen LogP contribution in [0, 0.1) is 11.6 Å². The van der Waals surface area contributed by atoms with E-state index in [4.69, 9.17) is 0 Å². The highest BCUT2D eigenvalue weighted by Gasteiger charge is 2.15. The van der Waals surface area contributed by atoms with Crippen molar-refractivity contribution in [1.82, 2.24) is 20.3 Å². The van der Waals surface area contributed by atoms with Crippen LogP contribution in [-0.4, -0.2) is 33.3 Å². The van der Waals surface area contributed by atoms with Crippen LogP contribution in [0.25, 0.3) is 0 Å². The SMILES string of the molecule is CN(Cc1ccc(F)c(F)c1)C(=O)c1cn[nH]n1. The van der Waals surface area contributed by atoms with Crippen LogP contribution < -0.4 is 0 Å². The summed E-state index contributed by atoms with van der Waals surface area (Å²) in [5, 5.41) is 9.50. The number of hydrogen-bond acceptors (Lipinski definition) is 3. The number of aromatic nitrogens is 3. The Labute approximate surface area is 101 Å². The van der Waals surface area contributed by atoms with E-state index in [1.165, 1.54) is 24.2 Å². The molecule has 0 atom stereocenters. The highest BCUT2D eigenvalue weighted by Crippen LogP contribution is 2.11. The van der Waals surface area contributed by atoms with Crippen molar-refractivity contribution in [3.8, 4) is 0 Å². The van der Waals surface area contributed by atoms with Crippen molar-refractivity contribution in [3.05, 3.63) is 47.3 Å². The second kappa shape index (κ2) is 4.91. The topological polar surface area (TPSA) is 61.9 Å². The van der Waals surface area contributed by atoms with Gasteiger partial charge in [-0.2, -0.15) is 15.4 Å².